The lowest BCUT2D eigenvalue weighted by molar-refractivity contribution is -0.136. The average molecular weight is 208 g/mol. The van der Waals surface area contributed by atoms with Gasteiger partial charge in [-0.1, -0.05) is 19.3 Å². The summed E-state index contributed by atoms with van der Waals surface area (Å²) < 4.78 is 0. The maximum absolute atomic E-state index is 10.5. The number of hydrogen-bond donors (Lipinski definition) is 2. The molecule has 0 amide bonds. The number of H-pyrrole nitrogens is 1. The molecule has 15 heavy (non-hydrogen) atoms. The number of hydrogen-bond acceptors (Lipinski definition) is 2. The first-order valence-corrected chi connectivity index (χ1v) is 5.51. The van der Waals surface area contributed by atoms with Crippen LogP contribution in [0.25, 0.3) is 0 Å². The van der Waals surface area contributed by atoms with Crippen LogP contribution in [0.15, 0.2) is 6.07 Å². The molecule has 2 rings (SSSR count). The van der Waals surface area contributed by atoms with Gasteiger partial charge in [-0.25, -0.2) is 0 Å². The maximum atomic E-state index is 10.5. The first kappa shape index (κ1) is 10.2. The highest BCUT2D eigenvalue weighted by Crippen LogP contribution is 2.31. The minimum absolute atomic E-state index is 0.0414. The number of rotatable bonds is 3. The normalized spacial score (nSPS) is 17.9. The highest BCUT2D eigenvalue weighted by Gasteiger charge is 2.18. The van der Waals surface area contributed by atoms with Crippen LogP contribution in [0.1, 0.15) is 49.4 Å². The van der Waals surface area contributed by atoms with Crippen LogP contribution in [0.5, 0.6) is 0 Å². The SMILES string of the molecule is O=C(O)Cc1cc(C2CCCCC2)n[nH]1. The van der Waals surface area contributed by atoms with Gasteiger partial charge in [0.1, 0.15) is 0 Å². The van der Waals surface area contributed by atoms with E-state index in [9.17, 15) is 4.79 Å². The summed E-state index contributed by atoms with van der Waals surface area (Å²) in [5.41, 5.74) is 1.76. The summed E-state index contributed by atoms with van der Waals surface area (Å²) in [6.07, 6.45) is 6.29. The summed E-state index contributed by atoms with van der Waals surface area (Å²) in [7, 11) is 0. The van der Waals surface area contributed by atoms with E-state index in [0.29, 0.717) is 11.6 Å². The molecule has 1 fully saturated rings. The molecule has 1 aliphatic rings. The van der Waals surface area contributed by atoms with Crippen LogP contribution in [0.2, 0.25) is 0 Å². The van der Waals surface area contributed by atoms with Gasteiger partial charge in [0.15, 0.2) is 0 Å². The van der Waals surface area contributed by atoms with Crippen molar-refractivity contribution in [3.05, 3.63) is 17.5 Å². The number of nitrogens with one attached hydrogen (secondary N) is 1. The third-order valence-corrected chi connectivity index (χ3v) is 3.02. The van der Waals surface area contributed by atoms with Crippen molar-refractivity contribution < 1.29 is 9.90 Å². The van der Waals surface area contributed by atoms with Gasteiger partial charge in [0.05, 0.1) is 12.1 Å². The molecule has 1 heterocycles. The van der Waals surface area contributed by atoms with E-state index >= 15 is 0 Å². The molecule has 4 heteroatoms. The monoisotopic (exact) mass is 208 g/mol. The Morgan fingerprint density at radius 1 is 1.47 bits per heavy atom. The molecule has 0 bridgehead atoms. The molecule has 1 aromatic heterocycles. The summed E-state index contributed by atoms with van der Waals surface area (Å²) in [5, 5.41) is 15.6. The topological polar surface area (TPSA) is 66.0 Å². The molecule has 1 aliphatic carbocycles. The Hall–Kier alpha value is -1.32. The number of aromatic nitrogens is 2. The van der Waals surface area contributed by atoms with E-state index in [2.05, 4.69) is 10.2 Å². The zero-order valence-corrected chi connectivity index (χ0v) is 8.70. The van der Waals surface area contributed by atoms with Crippen LogP contribution in [-0.2, 0) is 11.2 Å². The van der Waals surface area contributed by atoms with Gasteiger partial charge in [0.25, 0.3) is 0 Å². The van der Waals surface area contributed by atoms with Crippen molar-refractivity contribution in [2.24, 2.45) is 0 Å². The van der Waals surface area contributed by atoms with Gasteiger partial charge in [-0.05, 0) is 18.9 Å². The lowest BCUT2D eigenvalue weighted by atomic mass is 9.87. The largest absolute Gasteiger partial charge is 0.481 e. The van der Waals surface area contributed by atoms with Gasteiger partial charge in [-0.3, -0.25) is 9.89 Å². The van der Waals surface area contributed by atoms with Gasteiger partial charge in [0, 0.05) is 11.6 Å². The predicted molar refractivity (Wildman–Crippen MR) is 55.8 cm³/mol. The van der Waals surface area contributed by atoms with E-state index in [1.165, 1.54) is 32.1 Å². The van der Waals surface area contributed by atoms with Crippen LogP contribution in [0, 0.1) is 0 Å². The second-order valence-electron chi connectivity index (χ2n) is 4.22. The fraction of sp³-hybridized carbons (Fsp3) is 0.636. The summed E-state index contributed by atoms with van der Waals surface area (Å²) >= 11 is 0. The van der Waals surface area contributed by atoms with E-state index < -0.39 is 5.97 Å². The number of nitrogens with zero attached hydrogens (tertiary/aromatic N) is 1. The summed E-state index contributed by atoms with van der Waals surface area (Å²) in [4.78, 5) is 10.5. The van der Waals surface area contributed by atoms with E-state index in [-0.39, 0.29) is 6.42 Å². The molecule has 4 nitrogen and oxygen atoms in total. The Bertz CT molecular complexity index is 340. The van der Waals surface area contributed by atoms with Crippen molar-refractivity contribution >= 4 is 5.97 Å². The lowest BCUT2D eigenvalue weighted by Gasteiger charge is -2.19. The Balaban J connectivity index is 2.02. The summed E-state index contributed by atoms with van der Waals surface area (Å²) in [5.74, 6) is -0.272. The minimum Gasteiger partial charge on any atom is -0.481 e. The highest BCUT2D eigenvalue weighted by molar-refractivity contribution is 5.69. The van der Waals surface area contributed by atoms with Crippen molar-refractivity contribution in [1.29, 1.82) is 0 Å². The molecule has 0 saturated heterocycles. The molecular weight excluding hydrogens is 192 g/mol. The standard InChI is InChI=1S/C11H16N2O2/c14-11(15)7-9-6-10(13-12-9)8-4-2-1-3-5-8/h6,8H,1-5,7H2,(H,12,13)(H,14,15). The fourth-order valence-corrected chi connectivity index (χ4v) is 2.24. The van der Waals surface area contributed by atoms with E-state index in [4.69, 9.17) is 5.11 Å². The van der Waals surface area contributed by atoms with Crippen LogP contribution in [-0.4, -0.2) is 21.3 Å². The molecule has 0 spiro atoms. The summed E-state index contributed by atoms with van der Waals surface area (Å²) in [6, 6.07) is 1.91. The van der Waals surface area contributed by atoms with Gasteiger partial charge in [-0.15, -0.1) is 0 Å². The second kappa shape index (κ2) is 4.47. The molecule has 0 radical (unpaired) electrons. The number of carboxylic acid groups (broad SMARTS) is 1. The first-order valence-electron chi connectivity index (χ1n) is 5.51. The molecule has 0 aliphatic heterocycles. The number of aromatic amines is 1. The third-order valence-electron chi connectivity index (χ3n) is 3.02. The fourth-order valence-electron chi connectivity index (χ4n) is 2.24. The van der Waals surface area contributed by atoms with Crippen LogP contribution < -0.4 is 0 Å². The molecule has 0 unspecified atom stereocenters. The van der Waals surface area contributed by atoms with Gasteiger partial charge in [-0.2, -0.15) is 5.10 Å². The Kier molecular flexibility index (Phi) is 3.04. The van der Waals surface area contributed by atoms with Gasteiger partial charge >= 0.3 is 5.97 Å². The van der Waals surface area contributed by atoms with Gasteiger partial charge < -0.3 is 5.11 Å². The van der Waals surface area contributed by atoms with E-state index in [1.54, 1.807) is 0 Å². The molecule has 2 N–H and O–H groups in total. The zero-order chi connectivity index (χ0) is 10.7. The molecule has 0 atom stereocenters. The molecule has 1 saturated carbocycles. The van der Waals surface area contributed by atoms with Crippen molar-refractivity contribution in [1.82, 2.24) is 10.2 Å². The van der Waals surface area contributed by atoms with E-state index in [0.717, 1.165) is 5.69 Å². The number of carboxylic acids is 1. The average Bonchev–Trinajstić information content (AvgIpc) is 2.67. The highest BCUT2D eigenvalue weighted by atomic mass is 16.4. The molecular formula is C11H16N2O2. The third kappa shape index (κ3) is 2.58. The van der Waals surface area contributed by atoms with Crippen LogP contribution in [0.3, 0.4) is 0 Å². The molecule has 1 aromatic rings. The first-order chi connectivity index (χ1) is 7.25. The van der Waals surface area contributed by atoms with Crippen molar-refractivity contribution in [3.8, 4) is 0 Å². The lowest BCUT2D eigenvalue weighted by Crippen LogP contribution is -2.04. The van der Waals surface area contributed by atoms with Crippen molar-refractivity contribution in [2.45, 2.75) is 44.4 Å². The summed E-state index contributed by atoms with van der Waals surface area (Å²) in [6.45, 7) is 0. The Morgan fingerprint density at radius 2 is 2.20 bits per heavy atom. The quantitative estimate of drug-likeness (QED) is 0.799. The number of carbonyl (C=O) groups is 1. The Morgan fingerprint density at radius 3 is 2.87 bits per heavy atom. The zero-order valence-electron chi connectivity index (χ0n) is 8.70. The predicted octanol–water partition coefficient (Wildman–Crippen LogP) is 2.08. The molecule has 0 aromatic carbocycles. The minimum atomic E-state index is -0.811. The number of aliphatic carboxylic acids is 1. The van der Waals surface area contributed by atoms with Crippen LogP contribution in [0.4, 0.5) is 0 Å². The maximum Gasteiger partial charge on any atom is 0.309 e. The van der Waals surface area contributed by atoms with E-state index in [1.807, 2.05) is 6.07 Å². The van der Waals surface area contributed by atoms with Crippen molar-refractivity contribution in [3.63, 3.8) is 0 Å². The second-order valence-corrected chi connectivity index (χ2v) is 4.22. The Labute approximate surface area is 88.7 Å². The van der Waals surface area contributed by atoms with Crippen LogP contribution >= 0.6 is 0 Å². The molecule has 82 valence electrons. The van der Waals surface area contributed by atoms with Crippen molar-refractivity contribution in [2.75, 3.05) is 0 Å². The smallest absolute Gasteiger partial charge is 0.309 e. The van der Waals surface area contributed by atoms with Gasteiger partial charge in [0.2, 0.25) is 0 Å².